The summed E-state index contributed by atoms with van der Waals surface area (Å²) in [5.41, 5.74) is 0.892. The highest BCUT2D eigenvalue weighted by atomic mass is 35.5. The number of carbonyl (C=O) groups excluding carboxylic acids is 1. The summed E-state index contributed by atoms with van der Waals surface area (Å²) in [6.45, 7) is 0. The summed E-state index contributed by atoms with van der Waals surface area (Å²) in [6.07, 6.45) is 0. The molecule has 2 N–H and O–H groups in total. The summed E-state index contributed by atoms with van der Waals surface area (Å²) in [4.78, 5) is 16.3. The number of benzene rings is 1. The minimum atomic E-state index is -0.460. The van der Waals surface area contributed by atoms with E-state index in [-0.39, 0.29) is 15.7 Å². The molecule has 0 unspecified atom stereocenters. The van der Waals surface area contributed by atoms with Crippen molar-refractivity contribution in [3.8, 4) is 6.07 Å². The number of hydrogen-bond acceptors (Lipinski definition) is 4. The van der Waals surface area contributed by atoms with Gasteiger partial charge in [-0.3, -0.25) is 4.79 Å². The first-order chi connectivity index (χ1) is 10.0. The number of nitrogens with one attached hydrogen (secondary N) is 2. The van der Waals surface area contributed by atoms with Gasteiger partial charge in [0.25, 0.3) is 5.91 Å². The third-order valence-corrected chi connectivity index (χ3v) is 3.28. The van der Waals surface area contributed by atoms with Crippen LogP contribution in [0.25, 0.3) is 0 Å². The maximum absolute atomic E-state index is 12.2. The normalized spacial score (nSPS) is 9.81. The van der Waals surface area contributed by atoms with E-state index in [2.05, 4.69) is 15.6 Å². The molecule has 0 aliphatic heterocycles. The summed E-state index contributed by atoms with van der Waals surface area (Å²) < 4.78 is 0. The third-order valence-electron chi connectivity index (χ3n) is 2.66. The number of rotatable bonds is 3. The molecule has 0 saturated heterocycles. The molecule has 1 aromatic carbocycles. The predicted molar refractivity (Wildman–Crippen MR) is 82.9 cm³/mol. The Labute approximate surface area is 131 Å². The largest absolute Gasteiger partial charge is 0.373 e. The van der Waals surface area contributed by atoms with Crippen LogP contribution >= 0.6 is 23.2 Å². The lowest BCUT2D eigenvalue weighted by atomic mass is 10.2. The van der Waals surface area contributed by atoms with Gasteiger partial charge in [0.2, 0.25) is 0 Å². The number of aromatic nitrogens is 1. The van der Waals surface area contributed by atoms with E-state index in [4.69, 9.17) is 28.5 Å². The molecular weight excluding hydrogens is 311 g/mol. The highest BCUT2D eigenvalue weighted by molar-refractivity contribution is 6.34. The molecule has 106 valence electrons. The Balaban J connectivity index is 2.26. The van der Waals surface area contributed by atoms with E-state index >= 15 is 0 Å². The van der Waals surface area contributed by atoms with Crippen molar-refractivity contribution in [1.29, 1.82) is 5.26 Å². The van der Waals surface area contributed by atoms with E-state index in [9.17, 15) is 4.79 Å². The minimum absolute atomic E-state index is 0.101. The number of nitrogens with zero attached hydrogens (tertiary/aromatic N) is 2. The zero-order valence-electron chi connectivity index (χ0n) is 10.9. The zero-order chi connectivity index (χ0) is 15.4. The van der Waals surface area contributed by atoms with Gasteiger partial charge in [0, 0.05) is 12.7 Å². The smallest absolute Gasteiger partial charge is 0.275 e. The van der Waals surface area contributed by atoms with Crippen molar-refractivity contribution in [2.24, 2.45) is 0 Å². The van der Waals surface area contributed by atoms with Gasteiger partial charge in [-0.05, 0) is 30.3 Å². The van der Waals surface area contributed by atoms with Gasteiger partial charge >= 0.3 is 0 Å². The van der Waals surface area contributed by atoms with Crippen molar-refractivity contribution in [2.45, 2.75) is 0 Å². The second-order valence-corrected chi connectivity index (χ2v) is 4.85. The Hall–Kier alpha value is -2.29. The van der Waals surface area contributed by atoms with E-state index in [0.29, 0.717) is 17.1 Å². The second kappa shape index (κ2) is 6.44. The van der Waals surface area contributed by atoms with Crippen LogP contribution in [0.5, 0.6) is 0 Å². The van der Waals surface area contributed by atoms with E-state index in [0.717, 1.165) is 0 Å². The number of halogens is 2. The van der Waals surface area contributed by atoms with Gasteiger partial charge in [-0.15, -0.1) is 0 Å². The number of hydrogen-bond donors (Lipinski definition) is 2. The van der Waals surface area contributed by atoms with Crippen molar-refractivity contribution in [3.63, 3.8) is 0 Å². The monoisotopic (exact) mass is 320 g/mol. The molecule has 1 aromatic heterocycles. The lowest BCUT2D eigenvalue weighted by Gasteiger charge is -2.08. The number of anilines is 2. The van der Waals surface area contributed by atoms with Crippen molar-refractivity contribution in [1.82, 2.24) is 4.98 Å². The molecule has 2 rings (SSSR count). The molecule has 0 radical (unpaired) electrons. The molecule has 0 fully saturated rings. The average molecular weight is 321 g/mol. The summed E-state index contributed by atoms with van der Waals surface area (Å²) in [5.74, 6) is 0.0697. The topological polar surface area (TPSA) is 77.8 Å². The molecule has 0 saturated carbocycles. The first-order valence-corrected chi connectivity index (χ1v) is 6.66. The average Bonchev–Trinajstić information content (AvgIpc) is 2.48. The molecule has 0 bridgehead atoms. The van der Waals surface area contributed by atoms with Gasteiger partial charge in [0.1, 0.15) is 17.6 Å². The lowest BCUT2D eigenvalue weighted by Crippen LogP contribution is -2.15. The van der Waals surface area contributed by atoms with Gasteiger partial charge in [-0.25, -0.2) is 4.98 Å². The van der Waals surface area contributed by atoms with Crippen LogP contribution in [0, 0.1) is 11.3 Å². The van der Waals surface area contributed by atoms with Gasteiger partial charge in [0.15, 0.2) is 0 Å². The van der Waals surface area contributed by atoms with Gasteiger partial charge in [-0.2, -0.15) is 5.26 Å². The van der Waals surface area contributed by atoms with Gasteiger partial charge < -0.3 is 10.6 Å². The Morgan fingerprint density at radius 2 is 2.00 bits per heavy atom. The fraction of sp³-hybridized carbons (Fsp3) is 0.0714. The Morgan fingerprint density at radius 3 is 2.62 bits per heavy atom. The maximum atomic E-state index is 12.2. The van der Waals surface area contributed by atoms with Crippen LogP contribution < -0.4 is 10.6 Å². The van der Waals surface area contributed by atoms with Crippen LogP contribution in [0.4, 0.5) is 11.5 Å². The highest BCUT2D eigenvalue weighted by Crippen LogP contribution is 2.22. The molecule has 7 heteroatoms. The van der Waals surface area contributed by atoms with Crippen LogP contribution in [0.15, 0.2) is 30.3 Å². The number of amides is 1. The number of carbonyl (C=O) groups is 1. The van der Waals surface area contributed by atoms with E-state index in [1.165, 1.54) is 12.1 Å². The summed E-state index contributed by atoms with van der Waals surface area (Å²) >= 11 is 11.9. The molecule has 1 amide bonds. The molecule has 0 aliphatic rings. The Bertz CT molecular complexity index is 740. The maximum Gasteiger partial charge on any atom is 0.275 e. The number of nitriles is 1. The van der Waals surface area contributed by atoms with Crippen LogP contribution in [0.1, 0.15) is 16.1 Å². The zero-order valence-corrected chi connectivity index (χ0v) is 12.5. The molecule has 0 aliphatic carbocycles. The fourth-order valence-electron chi connectivity index (χ4n) is 1.61. The summed E-state index contributed by atoms with van der Waals surface area (Å²) in [7, 11) is 1.69. The first kappa shape index (κ1) is 15.1. The van der Waals surface area contributed by atoms with Crippen LogP contribution in [-0.4, -0.2) is 17.9 Å². The number of pyridine rings is 1. The quantitative estimate of drug-likeness (QED) is 0.906. The lowest BCUT2D eigenvalue weighted by molar-refractivity contribution is 0.102. The SMILES string of the molecule is CNc1ccc(Cl)c(C(=O)Nc2ccc(C#N)c(Cl)c2)n1. The molecule has 1 heterocycles. The van der Waals surface area contributed by atoms with Gasteiger partial charge in [0.05, 0.1) is 15.6 Å². The summed E-state index contributed by atoms with van der Waals surface area (Å²) in [6, 6.07) is 9.79. The molecule has 21 heavy (non-hydrogen) atoms. The van der Waals surface area contributed by atoms with Crippen LogP contribution in [0.3, 0.4) is 0 Å². The standard InChI is InChI=1S/C14H10Cl2N4O/c1-18-12-5-4-10(15)13(20-12)14(21)19-9-3-2-8(7-17)11(16)6-9/h2-6H,1H3,(H,18,20)(H,19,21). The predicted octanol–water partition coefficient (Wildman–Crippen LogP) is 3.55. The minimum Gasteiger partial charge on any atom is -0.373 e. The molecule has 5 nitrogen and oxygen atoms in total. The van der Waals surface area contributed by atoms with E-state index in [1.54, 1.807) is 25.2 Å². The van der Waals surface area contributed by atoms with Crippen molar-refractivity contribution in [2.75, 3.05) is 17.7 Å². The molecule has 0 spiro atoms. The highest BCUT2D eigenvalue weighted by Gasteiger charge is 2.14. The third kappa shape index (κ3) is 3.43. The van der Waals surface area contributed by atoms with Crippen molar-refractivity contribution >= 4 is 40.6 Å². The van der Waals surface area contributed by atoms with Gasteiger partial charge in [-0.1, -0.05) is 23.2 Å². The molecule has 2 aromatic rings. The Kier molecular flexibility index (Phi) is 4.63. The van der Waals surface area contributed by atoms with Crippen molar-refractivity contribution in [3.05, 3.63) is 51.6 Å². The molecular formula is C14H10Cl2N4O. The molecule has 0 atom stereocenters. The van der Waals surface area contributed by atoms with Crippen molar-refractivity contribution < 1.29 is 4.79 Å². The van der Waals surface area contributed by atoms with Crippen LogP contribution in [-0.2, 0) is 0 Å². The van der Waals surface area contributed by atoms with Crippen LogP contribution in [0.2, 0.25) is 10.0 Å². The van der Waals surface area contributed by atoms with E-state index in [1.807, 2.05) is 6.07 Å². The fourth-order valence-corrected chi connectivity index (χ4v) is 2.03. The first-order valence-electron chi connectivity index (χ1n) is 5.90. The Morgan fingerprint density at radius 1 is 1.24 bits per heavy atom. The summed E-state index contributed by atoms with van der Waals surface area (Å²) in [5, 5.41) is 14.8. The van der Waals surface area contributed by atoms with E-state index < -0.39 is 5.91 Å². The second-order valence-electron chi connectivity index (χ2n) is 4.04.